The number of ether oxygens (including phenoxy) is 1. The summed E-state index contributed by atoms with van der Waals surface area (Å²) in [5, 5.41) is 7.87. The minimum atomic E-state index is -3.91. The lowest BCUT2D eigenvalue weighted by molar-refractivity contribution is 0.0996. The Kier molecular flexibility index (Phi) is 6.79. The average molecular weight is 552 g/mol. The Morgan fingerprint density at radius 2 is 2.00 bits per heavy atom. The quantitative estimate of drug-likeness (QED) is 0.455. The number of hydrogen-bond acceptors (Lipinski definition) is 5. The number of hydrogen-bond donors (Lipinski definition) is 3. The molecule has 2 aromatic carbocycles. The fraction of sp³-hybridized carbons (Fsp3) is 0.278. The molecular weight excluding hydrogens is 533 g/mol. The maximum absolute atomic E-state index is 14.2. The lowest BCUT2D eigenvalue weighted by Crippen LogP contribution is -2.42. The molecular formula is C18H19F2IN4O4S. The number of nitrogens with two attached hydrogens (primary N) is 2. The molecule has 1 saturated heterocycles. The number of nitrogens with one attached hydrogen (secondary N) is 1. The third-order valence-electron chi connectivity index (χ3n) is 4.60. The molecule has 1 aliphatic rings. The Balaban J connectivity index is 1.90. The highest BCUT2D eigenvalue weighted by atomic mass is 127. The molecule has 1 amide bonds. The standard InChI is InChI=1S/C18H19F2IN4O4S/c19-10-6-15(24-14-4-3-11(21)8-13(14)20)17(18(22)26)16(7-10)29-9-12-2-1-5-25(12)30(23,27)28/h3-4,6-8,12,24H,1-2,5,9H2,(H2,22,26)(H2,23,27,28)/t12-/m0/s1. The number of amides is 1. The molecule has 0 spiro atoms. The van der Waals surface area contributed by atoms with E-state index in [2.05, 4.69) is 5.32 Å². The van der Waals surface area contributed by atoms with Crippen molar-refractivity contribution in [1.82, 2.24) is 4.31 Å². The molecule has 0 aliphatic carbocycles. The Labute approximate surface area is 185 Å². The summed E-state index contributed by atoms with van der Waals surface area (Å²) < 4.78 is 59.1. The summed E-state index contributed by atoms with van der Waals surface area (Å²) in [5.41, 5.74) is 5.22. The number of nitrogens with zero attached hydrogens (tertiary/aromatic N) is 1. The Bertz CT molecular complexity index is 1080. The van der Waals surface area contributed by atoms with Gasteiger partial charge in [0.2, 0.25) is 0 Å². The van der Waals surface area contributed by atoms with E-state index in [1.165, 1.54) is 12.1 Å². The minimum absolute atomic E-state index is 0.0191. The summed E-state index contributed by atoms with van der Waals surface area (Å²) in [7, 11) is -3.91. The first-order valence-electron chi connectivity index (χ1n) is 8.84. The summed E-state index contributed by atoms with van der Waals surface area (Å²) in [6.07, 6.45) is 1.09. The molecule has 8 nitrogen and oxygen atoms in total. The Morgan fingerprint density at radius 3 is 2.63 bits per heavy atom. The van der Waals surface area contributed by atoms with Crippen LogP contribution in [0.2, 0.25) is 0 Å². The third kappa shape index (κ3) is 5.17. The highest BCUT2D eigenvalue weighted by Gasteiger charge is 2.33. The van der Waals surface area contributed by atoms with Crippen LogP contribution in [0.3, 0.4) is 0 Å². The van der Waals surface area contributed by atoms with Gasteiger partial charge in [0.25, 0.3) is 16.1 Å². The van der Waals surface area contributed by atoms with Gasteiger partial charge in [-0.3, -0.25) is 4.79 Å². The van der Waals surface area contributed by atoms with Crippen molar-refractivity contribution in [2.75, 3.05) is 18.5 Å². The second-order valence-corrected chi connectivity index (χ2v) is 9.45. The number of anilines is 2. The zero-order valence-electron chi connectivity index (χ0n) is 15.6. The van der Waals surface area contributed by atoms with Crippen LogP contribution >= 0.6 is 22.6 Å². The van der Waals surface area contributed by atoms with Crippen LogP contribution in [-0.4, -0.2) is 37.8 Å². The monoisotopic (exact) mass is 552 g/mol. The van der Waals surface area contributed by atoms with Gasteiger partial charge in [-0.2, -0.15) is 12.7 Å². The zero-order valence-corrected chi connectivity index (χ0v) is 18.5. The highest BCUT2D eigenvalue weighted by Crippen LogP contribution is 2.32. The fourth-order valence-electron chi connectivity index (χ4n) is 3.28. The summed E-state index contributed by atoms with van der Waals surface area (Å²) in [4.78, 5) is 12.1. The minimum Gasteiger partial charge on any atom is -0.491 e. The molecule has 0 saturated carbocycles. The Hall–Kier alpha value is -2.03. The van der Waals surface area contributed by atoms with Crippen molar-refractivity contribution >= 4 is 50.1 Å². The number of carbonyl (C=O) groups excluding carboxylic acids is 1. The number of halogens is 3. The molecule has 1 aliphatic heterocycles. The SMILES string of the molecule is NC(=O)c1c(Nc2ccc(I)cc2F)cc(F)cc1OC[C@@H]1CCCN1S(N)(=O)=O. The Morgan fingerprint density at radius 1 is 1.27 bits per heavy atom. The van der Waals surface area contributed by atoms with Crippen molar-refractivity contribution in [1.29, 1.82) is 0 Å². The number of rotatable bonds is 7. The highest BCUT2D eigenvalue weighted by molar-refractivity contribution is 14.1. The van der Waals surface area contributed by atoms with E-state index in [0.29, 0.717) is 16.4 Å². The smallest absolute Gasteiger partial charge is 0.277 e. The van der Waals surface area contributed by atoms with Crippen LogP contribution in [0, 0.1) is 15.2 Å². The van der Waals surface area contributed by atoms with E-state index < -0.39 is 33.8 Å². The zero-order chi connectivity index (χ0) is 22.1. The van der Waals surface area contributed by atoms with Gasteiger partial charge < -0.3 is 15.8 Å². The number of carbonyl (C=O) groups is 1. The van der Waals surface area contributed by atoms with Crippen molar-refractivity contribution in [2.45, 2.75) is 18.9 Å². The van der Waals surface area contributed by atoms with Crippen LogP contribution in [0.4, 0.5) is 20.2 Å². The maximum Gasteiger partial charge on any atom is 0.277 e. The second kappa shape index (κ2) is 8.99. The normalized spacial score (nSPS) is 17.1. The predicted molar refractivity (Wildman–Crippen MR) is 116 cm³/mol. The van der Waals surface area contributed by atoms with Gasteiger partial charge in [-0.1, -0.05) is 0 Å². The van der Waals surface area contributed by atoms with Gasteiger partial charge in [0.1, 0.15) is 29.6 Å². The molecule has 0 unspecified atom stereocenters. The van der Waals surface area contributed by atoms with Crippen molar-refractivity contribution in [3.05, 3.63) is 51.1 Å². The van der Waals surface area contributed by atoms with E-state index >= 15 is 0 Å². The van der Waals surface area contributed by atoms with E-state index in [4.69, 9.17) is 15.6 Å². The fourth-order valence-corrected chi connectivity index (χ4v) is 4.70. The molecule has 0 radical (unpaired) electrons. The van der Waals surface area contributed by atoms with Crippen LogP contribution in [0.15, 0.2) is 30.3 Å². The molecule has 12 heteroatoms. The van der Waals surface area contributed by atoms with Gasteiger partial charge in [0.05, 0.1) is 17.4 Å². The van der Waals surface area contributed by atoms with Crippen LogP contribution in [-0.2, 0) is 10.2 Å². The van der Waals surface area contributed by atoms with Crippen molar-refractivity contribution in [3.63, 3.8) is 0 Å². The number of primary amides is 1. The summed E-state index contributed by atoms with van der Waals surface area (Å²) in [5.74, 6) is -2.46. The largest absolute Gasteiger partial charge is 0.491 e. The molecule has 3 rings (SSSR count). The van der Waals surface area contributed by atoms with E-state index in [9.17, 15) is 22.0 Å². The maximum atomic E-state index is 14.2. The summed E-state index contributed by atoms with van der Waals surface area (Å²) in [6, 6.07) is 5.74. The predicted octanol–water partition coefficient (Wildman–Crippen LogP) is 2.46. The van der Waals surface area contributed by atoms with Crippen LogP contribution in [0.5, 0.6) is 5.75 Å². The van der Waals surface area contributed by atoms with Gasteiger partial charge >= 0.3 is 0 Å². The molecule has 30 heavy (non-hydrogen) atoms. The molecule has 2 aromatic rings. The topological polar surface area (TPSA) is 128 Å². The summed E-state index contributed by atoms with van der Waals surface area (Å²) >= 11 is 1.94. The van der Waals surface area contributed by atoms with Gasteiger partial charge in [-0.05, 0) is 59.7 Å². The average Bonchev–Trinajstić information content (AvgIpc) is 3.10. The van der Waals surface area contributed by atoms with Crippen LogP contribution in [0.25, 0.3) is 0 Å². The molecule has 162 valence electrons. The van der Waals surface area contributed by atoms with Crippen LogP contribution in [0.1, 0.15) is 23.2 Å². The molecule has 5 N–H and O–H groups in total. The van der Waals surface area contributed by atoms with Crippen LogP contribution < -0.4 is 20.9 Å². The lowest BCUT2D eigenvalue weighted by atomic mass is 10.1. The van der Waals surface area contributed by atoms with Gasteiger partial charge in [0.15, 0.2) is 0 Å². The van der Waals surface area contributed by atoms with E-state index in [1.807, 2.05) is 22.6 Å². The first-order chi connectivity index (χ1) is 14.1. The number of benzene rings is 2. The van der Waals surface area contributed by atoms with Crippen molar-refractivity contribution in [2.24, 2.45) is 10.9 Å². The molecule has 0 bridgehead atoms. The van der Waals surface area contributed by atoms with Gasteiger partial charge in [-0.15, -0.1) is 0 Å². The van der Waals surface area contributed by atoms with Gasteiger partial charge in [-0.25, -0.2) is 13.9 Å². The van der Waals surface area contributed by atoms with E-state index in [-0.39, 0.29) is 35.8 Å². The lowest BCUT2D eigenvalue weighted by Gasteiger charge is -2.23. The third-order valence-corrected chi connectivity index (χ3v) is 6.40. The molecule has 0 aromatic heterocycles. The molecule has 1 atom stereocenters. The van der Waals surface area contributed by atoms with Gasteiger partial charge in [0, 0.05) is 16.2 Å². The second-order valence-electron chi connectivity index (χ2n) is 6.70. The molecule has 1 fully saturated rings. The van der Waals surface area contributed by atoms with Crippen molar-refractivity contribution in [3.8, 4) is 5.75 Å². The molecule has 1 heterocycles. The first-order valence-corrected chi connectivity index (χ1v) is 11.4. The first kappa shape index (κ1) is 22.7. The van der Waals surface area contributed by atoms with E-state index in [0.717, 1.165) is 16.4 Å². The van der Waals surface area contributed by atoms with Crippen molar-refractivity contribution < 1.29 is 26.7 Å². The summed E-state index contributed by atoms with van der Waals surface area (Å²) in [6.45, 7) is 0.0923. The van der Waals surface area contributed by atoms with E-state index in [1.54, 1.807) is 6.07 Å².